The normalized spacial score (nSPS) is 15.0. The first-order valence-electron chi connectivity index (χ1n) is 7.12. The molecule has 0 aromatic heterocycles. The van der Waals surface area contributed by atoms with Crippen LogP contribution in [0.1, 0.15) is 29.6 Å². The van der Waals surface area contributed by atoms with Gasteiger partial charge in [0.2, 0.25) is 5.91 Å². The summed E-state index contributed by atoms with van der Waals surface area (Å²) < 4.78 is 0. The molecule has 1 aliphatic heterocycles. The predicted molar refractivity (Wildman–Crippen MR) is 80.4 cm³/mol. The maximum atomic E-state index is 11.1. The fourth-order valence-electron chi connectivity index (χ4n) is 2.52. The van der Waals surface area contributed by atoms with Gasteiger partial charge in [0.15, 0.2) is 0 Å². The van der Waals surface area contributed by atoms with E-state index in [9.17, 15) is 14.9 Å². The summed E-state index contributed by atoms with van der Waals surface area (Å²) >= 11 is 0. The Morgan fingerprint density at radius 2 is 2.10 bits per heavy atom. The molecule has 1 amide bonds. The van der Waals surface area contributed by atoms with Gasteiger partial charge in [-0.05, 0) is 51.0 Å². The highest BCUT2D eigenvalue weighted by molar-refractivity contribution is 5.94. The topological polar surface area (TPSA) is 102 Å². The number of nitrogens with two attached hydrogens (primary N) is 1. The first kappa shape index (κ1) is 15.2. The van der Waals surface area contributed by atoms with Crippen molar-refractivity contribution < 1.29 is 9.72 Å². The highest BCUT2D eigenvalue weighted by Gasteiger charge is 2.16. The van der Waals surface area contributed by atoms with Crippen molar-refractivity contribution in [1.82, 2.24) is 4.90 Å². The lowest BCUT2D eigenvalue weighted by atomic mass is 10.1. The summed E-state index contributed by atoms with van der Waals surface area (Å²) in [5.41, 5.74) is 5.58. The molecular weight excluding hydrogens is 272 g/mol. The van der Waals surface area contributed by atoms with Gasteiger partial charge in [-0.3, -0.25) is 14.9 Å². The fourth-order valence-corrected chi connectivity index (χ4v) is 2.52. The van der Waals surface area contributed by atoms with Gasteiger partial charge in [-0.25, -0.2) is 0 Å². The average molecular weight is 292 g/mol. The number of benzene rings is 1. The van der Waals surface area contributed by atoms with Crippen molar-refractivity contribution >= 4 is 17.3 Å². The Balaban J connectivity index is 1.92. The molecule has 7 heteroatoms. The third-order valence-corrected chi connectivity index (χ3v) is 3.64. The van der Waals surface area contributed by atoms with E-state index in [-0.39, 0.29) is 11.3 Å². The first-order valence-corrected chi connectivity index (χ1v) is 7.12. The van der Waals surface area contributed by atoms with Gasteiger partial charge in [-0.15, -0.1) is 0 Å². The van der Waals surface area contributed by atoms with Crippen molar-refractivity contribution in [1.29, 1.82) is 0 Å². The van der Waals surface area contributed by atoms with Gasteiger partial charge in [0.05, 0.1) is 4.92 Å². The van der Waals surface area contributed by atoms with Crippen molar-refractivity contribution in [2.45, 2.75) is 19.3 Å². The van der Waals surface area contributed by atoms with Gasteiger partial charge in [0, 0.05) is 18.2 Å². The van der Waals surface area contributed by atoms with Gasteiger partial charge >= 0.3 is 0 Å². The van der Waals surface area contributed by atoms with E-state index in [1.54, 1.807) is 0 Å². The number of primary amides is 1. The van der Waals surface area contributed by atoms with E-state index in [1.165, 1.54) is 31.0 Å². The van der Waals surface area contributed by atoms with E-state index in [1.807, 2.05) is 0 Å². The van der Waals surface area contributed by atoms with Gasteiger partial charge < -0.3 is 16.0 Å². The van der Waals surface area contributed by atoms with Crippen LogP contribution in [0, 0.1) is 10.1 Å². The van der Waals surface area contributed by atoms with E-state index < -0.39 is 10.8 Å². The van der Waals surface area contributed by atoms with Gasteiger partial charge in [-0.1, -0.05) is 0 Å². The second kappa shape index (κ2) is 7.03. The van der Waals surface area contributed by atoms with Crippen LogP contribution in [0.4, 0.5) is 11.4 Å². The van der Waals surface area contributed by atoms with Crippen molar-refractivity contribution in [3.63, 3.8) is 0 Å². The van der Waals surface area contributed by atoms with E-state index in [0.29, 0.717) is 12.2 Å². The molecule has 21 heavy (non-hydrogen) atoms. The summed E-state index contributed by atoms with van der Waals surface area (Å²) in [6.07, 6.45) is 3.44. The third-order valence-electron chi connectivity index (χ3n) is 3.64. The van der Waals surface area contributed by atoms with Gasteiger partial charge in [0.25, 0.3) is 5.69 Å². The molecule has 0 spiro atoms. The van der Waals surface area contributed by atoms with Gasteiger partial charge in [0.1, 0.15) is 5.69 Å². The number of hydrogen-bond acceptors (Lipinski definition) is 5. The second-order valence-electron chi connectivity index (χ2n) is 5.18. The van der Waals surface area contributed by atoms with Crippen LogP contribution in [0.2, 0.25) is 0 Å². The summed E-state index contributed by atoms with van der Waals surface area (Å²) in [7, 11) is 0. The van der Waals surface area contributed by atoms with Crippen LogP contribution in [0.15, 0.2) is 18.2 Å². The highest BCUT2D eigenvalue weighted by Crippen LogP contribution is 2.25. The molecule has 114 valence electrons. The zero-order valence-corrected chi connectivity index (χ0v) is 11.9. The first-order chi connectivity index (χ1) is 10.1. The Morgan fingerprint density at radius 1 is 1.38 bits per heavy atom. The zero-order chi connectivity index (χ0) is 15.2. The lowest BCUT2D eigenvalue weighted by molar-refractivity contribution is -0.384. The molecule has 2 rings (SSSR count). The second-order valence-corrected chi connectivity index (χ2v) is 5.18. The Kier molecular flexibility index (Phi) is 5.10. The number of carbonyl (C=O) groups is 1. The Labute approximate surface area is 123 Å². The van der Waals surface area contributed by atoms with E-state index >= 15 is 0 Å². The summed E-state index contributed by atoms with van der Waals surface area (Å²) in [4.78, 5) is 24.0. The summed E-state index contributed by atoms with van der Waals surface area (Å²) in [5.74, 6) is -0.668. The molecule has 1 aliphatic rings. The summed E-state index contributed by atoms with van der Waals surface area (Å²) in [6, 6.07) is 4.25. The number of rotatable bonds is 7. The molecule has 0 aliphatic carbocycles. The van der Waals surface area contributed by atoms with Crippen molar-refractivity contribution in [3.05, 3.63) is 33.9 Å². The molecule has 0 unspecified atom stereocenters. The molecule has 1 fully saturated rings. The standard InChI is InChI=1S/C14H20N4O3/c15-14(19)11-4-5-12(13(10-11)18(20)21)16-6-3-9-17-7-1-2-8-17/h4-5,10,16H,1-3,6-9H2,(H2,15,19). The average Bonchev–Trinajstić information content (AvgIpc) is 2.96. The molecule has 0 radical (unpaired) electrons. The Hall–Kier alpha value is -2.15. The molecule has 0 atom stereocenters. The molecular formula is C14H20N4O3. The fraction of sp³-hybridized carbons (Fsp3) is 0.500. The zero-order valence-electron chi connectivity index (χ0n) is 11.9. The van der Waals surface area contributed by atoms with Crippen LogP contribution < -0.4 is 11.1 Å². The minimum atomic E-state index is -0.668. The van der Waals surface area contributed by atoms with Gasteiger partial charge in [-0.2, -0.15) is 0 Å². The molecule has 0 saturated carbocycles. The van der Waals surface area contributed by atoms with Crippen LogP contribution >= 0.6 is 0 Å². The smallest absolute Gasteiger partial charge is 0.293 e. The number of anilines is 1. The Bertz CT molecular complexity index is 527. The SMILES string of the molecule is NC(=O)c1ccc(NCCCN2CCCC2)c([N+](=O)[O-])c1. The van der Waals surface area contributed by atoms with E-state index in [4.69, 9.17) is 5.73 Å². The van der Waals surface area contributed by atoms with Crippen LogP contribution in [-0.2, 0) is 0 Å². The van der Waals surface area contributed by atoms with Crippen LogP contribution in [0.3, 0.4) is 0 Å². The monoisotopic (exact) mass is 292 g/mol. The molecule has 1 heterocycles. The number of amides is 1. The number of hydrogen-bond donors (Lipinski definition) is 2. The third kappa shape index (κ3) is 4.16. The number of nitro benzene ring substituents is 1. The number of nitrogens with one attached hydrogen (secondary N) is 1. The van der Waals surface area contributed by atoms with Crippen LogP contribution in [0.25, 0.3) is 0 Å². The van der Waals surface area contributed by atoms with Crippen LogP contribution in [-0.4, -0.2) is 41.9 Å². The molecule has 0 bridgehead atoms. The maximum absolute atomic E-state index is 11.1. The summed E-state index contributed by atoms with van der Waals surface area (Å²) in [6.45, 7) is 3.95. The van der Waals surface area contributed by atoms with Crippen molar-refractivity contribution in [2.24, 2.45) is 5.73 Å². The lowest BCUT2D eigenvalue weighted by Gasteiger charge is -2.14. The van der Waals surface area contributed by atoms with Crippen LogP contribution in [0.5, 0.6) is 0 Å². The molecule has 1 saturated heterocycles. The lowest BCUT2D eigenvalue weighted by Crippen LogP contribution is -2.22. The van der Waals surface area contributed by atoms with Crippen molar-refractivity contribution in [3.8, 4) is 0 Å². The minimum absolute atomic E-state index is 0.118. The number of carbonyl (C=O) groups excluding carboxylic acids is 1. The van der Waals surface area contributed by atoms with E-state index in [2.05, 4.69) is 10.2 Å². The molecule has 3 N–H and O–H groups in total. The largest absolute Gasteiger partial charge is 0.379 e. The quantitative estimate of drug-likeness (QED) is 0.451. The highest BCUT2D eigenvalue weighted by atomic mass is 16.6. The molecule has 7 nitrogen and oxygen atoms in total. The maximum Gasteiger partial charge on any atom is 0.293 e. The molecule has 1 aromatic rings. The van der Waals surface area contributed by atoms with E-state index in [0.717, 1.165) is 26.1 Å². The summed E-state index contributed by atoms with van der Waals surface area (Å²) in [5, 5.41) is 14.1. The van der Waals surface area contributed by atoms with Crippen molar-refractivity contribution in [2.75, 3.05) is 31.5 Å². The minimum Gasteiger partial charge on any atom is -0.379 e. The number of likely N-dealkylation sites (tertiary alicyclic amines) is 1. The predicted octanol–water partition coefficient (Wildman–Crippen LogP) is 1.59. The Morgan fingerprint density at radius 3 is 2.71 bits per heavy atom. The number of nitrogens with zero attached hydrogens (tertiary/aromatic N) is 2. The number of nitro groups is 1. The molecule has 1 aromatic carbocycles.